The fourth-order valence-electron chi connectivity index (χ4n) is 2.21. The number of rotatable bonds is 5. The standard InChI is InChI=1S/C17H13BrClNO6/c1-23-17(22)9-2-3-13(10(18)4-9)24-7-16(21)20-12-6-15-14(5-11(12)19)25-8-26-15/h2-6H,7-8H2,1H3,(H,20,21). The third-order valence-electron chi connectivity index (χ3n) is 3.45. The molecule has 0 fully saturated rings. The van der Waals surface area contributed by atoms with Crippen LogP contribution in [-0.2, 0) is 9.53 Å². The minimum atomic E-state index is -0.465. The zero-order valence-electron chi connectivity index (χ0n) is 13.5. The van der Waals surface area contributed by atoms with Crippen molar-refractivity contribution in [3.63, 3.8) is 0 Å². The number of carbonyl (C=O) groups is 2. The maximum atomic E-state index is 12.1. The van der Waals surface area contributed by atoms with Gasteiger partial charge in [0, 0.05) is 12.1 Å². The van der Waals surface area contributed by atoms with Gasteiger partial charge in [-0.15, -0.1) is 0 Å². The summed E-state index contributed by atoms with van der Waals surface area (Å²) in [5.41, 5.74) is 0.757. The summed E-state index contributed by atoms with van der Waals surface area (Å²) in [4.78, 5) is 23.6. The number of fused-ring (bicyclic) bond motifs is 1. The number of methoxy groups -OCH3 is 1. The summed E-state index contributed by atoms with van der Waals surface area (Å²) >= 11 is 9.40. The number of benzene rings is 2. The van der Waals surface area contributed by atoms with Gasteiger partial charge in [0.1, 0.15) is 5.75 Å². The van der Waals surface area contributed by atoms with E-state index in [0.29, 0.717) is 38.0 Å². The fourth-order valence-corrected chi connectivity index (χ4v) is 2.90. The molecular formula is C17H13BrClNO6. The van der Waals surface area contributed by atoms with Crippen molar-refractivity contribution in [3.8, 4) is 17.2 Å². The number of hydrogen-bond acceptors (Lipinski definition) is 6. The van der Waals surface area contributed by atoms with Gasteiger partial charge in [-0.2, -0.15) is 0 Å². The van der Waals surface area contributed by atoms with E-state index in [0.717, 1.165) is 0 Å². The maximum absolute atomic E-state index is 12.1. The predicted octanol–water partition coefficient (Wildman–Crippen LogP) is 3.64. The van der Waals surface area contributed by atoms with Crippen molar-refractivity contribution in [2.24, 2.45) is 0 Å². The largest absolute Gasteiger partial charge is 0.483 e. The summed E-state index contributed by atoms with van der Waals surface area (Å²) in [5.74, 6) is 0.567. The smallest absolute Gasteiger partial charge is 0.337 e. The molecule has 9 heteroatoms. The highest BCUT2D eigenvalue weighted by Crippen LogP contribution is 2.39. The fraction of sp³-hybridized carbons (Fsp3) is 0.176. The van der Waals surface area contributed by atoms with Crippen LogP contribution in [0.3, 0.4) is 0 Å². The van der Waals surface area contributed by atoms with E-state index in [-0.39, 0.29) is 13.4 Å². The highest BCUT2D eigenvalue weighted by molar-refractivity contribution is 9.10. The number of ether oxygens (including phenoxy) is 4. The van der Waals surface area contributed by atoms with Crippen molar-refractivity contribution >= 4 is 45.1 Å². The molecule has 0 saturated carbocycles. The lowest BCUT2D eigenvalue weighted by Crippen LogP contribution is -2.20. The lowest BCUT2D eigenvalue weighted by molar-refractivity contribution is -0.118. The number of nitrogens with one attached hydrogen (secondary N) is 1. The molecule has 1 amide bonds. The Hall–Kier alpha value is -2.45. The summed E-state index contributed by atoms with van der Waals surface area (Å²) in [5, 5.41) is 2.97. The molecule has 26 heavy (non-hydrogen) atoms. The second kappa shape index (κ2) is 7.84. The number of anilines is 1. The van der Waals surface area contributed by atoms with Gasteiger partial charge in [-0.05, 0) is 34.1 Å². The number of halogens is 2. The quantitative estimate of drug-likeness (QED) is 0.712. The van der Waals surface area contributed by atoms with E-state index in [1.165, 1.54) is 7.11 Å². The first-order valence-corrected chi connectivity index (χ1v) is 8.54. The van der Waals surface area contributed by atoms with Crippen molar-refractivity contribution in [1.29, 1.82) is 0 Å². The SMILES string of the molecule is COC(=O)c1ccc(OCC(=O)Nc2cc3c(cc2Cl)OCO3)c(Br)c1. The van der Waals surface area contributed by atoms with Gasteiger partial charge >= 0.3 is 5.97 Å². The minimum Gasteiger partial charge on any atom is -0.483 e. The van der Waals surface area contributed by atoms with Gasteiger partial charge in [-0.25, -0.2) is 4.79 Å². The lowest BCUT2D eigenvalue weighted by atomic mass is 10.2. The van der Waals surface area contributed by atoms with Crippen molar-refractivity contribution < 1.29 is 28.5 Å². The summed E-state index contributed by atoms with van der Waals surface area (Å²) in [6.07, 6.45) is 0. The van der Waals surface area contributed by atoms with Crippen molar-refractivity contribution in [1.82, 2.24) is 0 Å². The van der Waals surface area contributed by atoms with Gasteiger partial charge in [-0.3, -0.25) is 4.79 Å². The zero-order valence-corrected chi connectivity index (χ0v) is 15.8. The molecule has 0 radical (unpaired) electrons. The Morgan fingerprint density at radius 1 is 1.23 bits per heavy atom. The summed E-state index contributed by atoms with van der Waals surface area (Å²) in [6, 6.07) is 7.82. The predicted molar refractivity (Wildman–Crippen MR) is 97.2 cm³/mol. The molecule has 0 saturated heterocycles. The second-order valence-corrected chi connectivity index (χ2v) is 6.42. The van der Waals surface area contributed by atoms with Crippen LogP contribution in [0, 0.1) is 0 Å². The van der Waals surface area contributed by atoms with Crippen LogP contribution < -0.4 is 19.5 Å². The van der Waals surface area contributed by atoms with Gasteiger partial charge in [0.15, 0.2) is 18.1 Å². The first-order chi connectivity index (χ1) is 12.5. The molecule has 1 N–H and O–H groups in total. The number of hydrogen-bond donors (Lipinski definition) is 1. The number of amides is 1. The van der Waals surface area contributed by atoms with Crippen molar-refractivity contribution in [2.45, 2.75) is 0 Å². The zero-order chi connectivity index (χ0) is 18.7. The van der Waals surface area contributed by atoms with Gasteiger partial charge in [0.25, 0.3) is 5.91 Å². The topological polar surface area (TPSA) is 83.1 Å². The Balaban J connectivity index is 1.62. The van der Waals surface area contributed by atoms with Crippen LogP contribution in [-0.4, -0.2) is 32.4 Å². The molecule has 0 unspecified atom stereocenters. The molecular weight excluding hydrogens is 430 g/mol. The van der Waals surface area contributed by atoms with E-state index in [1.807, 2.05) is 0 Å². The number of carbonyl (C=O) groups excluding carboxylic acids is 2. The second-order valence-electron chi connectivity index (χ2n) is 5.16. The van der Waals surface area contributed by atoms with Crippen molar-refractivity contribution in [3.05, 3.63) is 45.4 Å². The van der Waals surface area contributed by atoms with Gasteiger partial charge in [-0.1, -0.05) is 11.6 Å². The first-order valence-electron chi connectivity index (χ1n) is 7.37. The van der Waals surface area contributed by atoms with E-state index in [2.05, 4.69) is 26.0 Å². The van der Waals surface area contributed by atoms with Gasteiger partial charge in [0.05, 0.1) is 27.9 Å². The molecule has 0 aliphatic carbocycles. The molecule has 3 rings (SSSR count). The molecule has 2 aromatic carbocycles. The Kier molecular flexibility index (Phi) is 5.53. The van der Waals surface area contributed by atoms with Gasteiger partial charge < -0.3 is 24.3 Å². The molecule has 2 aromatic rings. The molecule has 1 aliphatic heterocycles. The maximum Gasteiger partial charge on any atom is 0.337 e. The van der Waals surface area contributed by atoms with Crippen LogP contribution in [0.4, 0.5) is 5.69 Å². The molecule has 0 atom stereocenters. The van der Waals surface area contributed by atoms with Crippen LogP contribution in [0.5, 0.6) is 17.2 Å². The molecule has 0 spiro atoms. The van der Waals surface area contributed by atoms with E-state index in [9.17, 15) is 9.59 Å². The highest BCUT2D eigenvalue weighted by Gasteiger charge is 2.18. The van der Waals surface area contributed by atoms with E-state index < -0.39 is 11.9 Å². The molecule has 1 aliphatic rings. The third-order valence-corrected chi connectivity index (χ3v) is 4.38. The Bertz CT molecular complexity index is 873. The summed E-state index contributed by atoms with van der Waals surface area (Å²) in [7, 11) is 1.30. The van der Waals surface area contributed by atoms with E-state index in [1.54, 1.807) is 30.3 Å². The average Bonchev–Trinajstić information content (AvgIpc) is 3.07. The normalized spacial score (nSPS) is 11.8. The van der Waals surface area contributed by atoms with Crippen LogP contribution in [0.15, 0.2) is 34.8 Å². The molecule has 1 heterocycles. The molecule has 0 bridgehead atoms. The molecule has 0 aromatic heterocycles. The first kappa shape index (κ1) is 18.3. The van der Waals surface area contributed by atoms with Crippen molar-refractivity contribution in [2.75, 3.05) is 25.8 Å². The van der Waals surface area contributed by atoms with Crippen LogP contribution in [0.25, 0.3) is 0 Å². The Morgan fingerprint density at radius 3 is 2.65 bits per heavy atom. The van der Waals surface area contributed by atoms with E-state index in [4.69, 9.17) is 25.8 Å². The Morgan fingerprint density at radius 2 is 1.96 bits per heavy atom. The van der Waals surface area contributed by atoms with E-state index >= 15 is 0 Å². The van der Waals surface area contributed by atoms with Crippen LogP contribution in [0.1, 0.15) is 10.4 Å². The van der Waals surface area contributed by atoms with Gasteiger partial charge in [0.2, 0.25) is 6.79 Å². The highest BCUT2D eigenvalue weighted by atomic mass is 79.9. The average molecular weight is 443 g/mol. The molecule has 7 nitrogen and oxygen atoms in total. The van der Waals surface area contributed by atoms with Crippen LogP contribution in [0.2, 0.25) is 5.02 Å². The van der Waals surface area contributed by atoms with Crippen LogP contribution >= 0.6 is 27.5 Å². The monoisotopic (exact) mass is 441 g/mol. The molecule has 136 valence electrons. The summed E-state index contributed by atoms with van der Waals surface area (Å²) < 4.78 is 21.1. The minimum absolute atomic E-state index is 0.113. The third kappa shape index (κ3) is 4.03. The summed E-state index contributed by atoms with van der Waals surface area (Å²) in [6.45, 7) is -0.136. The number of esters is 1. The Labute approximate surface area is 162 Å². The lowest BCUT2D eigenvalue weighted by Gasteiger charge is -2.11.